The molecule has 1 aliphatic heterocycles. The molecule has 2 aliphatic rings. The van der Waals surface area contributed by atoms with Crippen molar-refractivity contribution in [1.82, 2.24) is 19.7 Å². The summed E-state index contributed by atoms with van der Waals surface area (Å²) in [5.74, 6) is -1.08. The van der Waals surface area contributed by atoms with Gasteiger partial charge in [-0.2, -0.15) is 13.2 Å². The molecule has 1 aliphatic carbocycles. The minimum atomic E-state index is -4.30. The number of rotatable bonds is 2. The van der Waals surface area contributed by atoms with Crippen LogP contribution in [0.1, 0.15) is 57.1 Å². The molecule has 0 N–H and O–H groups in total. The summed E-state index contributed by atoms with van der Waals surface area (Å²) in [6.45, 7) is 5.25. The van der Waals surface area contributed by atoms with Crippen molar-refractivity contribution < 1.29 is 18.0 Å². The molecule has 24 heavy (non-hydrogen) atoms. The maximum atomic E-state index is 13.3. The van der Waals surface area contributed by atoms with E-state index in [0.29, 0.717) is 38.2 Å². The van der Waals surface area contributed by atoms with Crippen molar-refractivity contribution in [3.05, 3.63) is 11.6 Å². The van der Waals surface area contributed by atoms with Crippen LogP contribution in [0.2, 0.25) is 0 Å². The molecule has 134 valence electrons. The van der Waals surface area contributed by atoms with Gasteiger partial charge >= 0.3 is 6.18 Å². The summed E-state index contributed by atoms with van der Waals surface area (Å²) >= 11 is 0. The Labute approximate surface area is 139 Å². The number of nitrogens with zero attached hydrogens (tertiary/aromatic N) is 4. The van der Waals surface area contributed by atoms with E-state index in [1.165, 1.54) is 4.90 Å². The van der Waals surface area contributed by atoms with Crippen LogP contribution in [0.3, 0.4) is 0 Å². The third kappa shape index (κ3) is 3.15. The normalized spacial score (nSPS) is 25.0. The Morgan fingerprint density at radius 2 is 1.88 bits per heavy atom. The van der Waals surface area contributed by atoms with Gasteiger partial charge in [0, 0.05) is 24.9 Å². The van der Waals surface area contributed by atoms with Gasteiger partial charge in [-0.3, -0.25) is 4.79 Å². The second-order valence-electron chi connectivity index (χ2n) is 7.08. The van der Waals surface area contributed by atoms with Gasteiger partial charge < -0.3 is 9.47 Å². The Bertz CT molecular complexity index is 611. The molecule has 8 heteroatoms. The Hall–Kier alpha value is -1.60. The van der Waals surface area contributed by atoms with Gasteiger partial charge in [0.25, 0.3) is 0 Å². The molecule has 1 aromatic rings. The van der Waals surface area contributed by atoms with Crippen LogP contribution < -0.4 is 0 Å². The summed E-state index contributed by atoms with van der Waals surface area (Å²) in [6.07, 6.45) is -2.70. The first kappa shape index (κ1) is 17.2. The molecule has 0 aromatic carbocycles. The summed E-state index contributed by atoms with van der Waals surface area (Å²) in [6, 6.07) is 0. The Morgan fingerprint density at radius 1 is 1.17 bits per heavy atom. The molecule has 3 rings (SSSR count). The SMILES string of the molecule is CC(C)c1nnc2n1CCN(C(=O)[C@@H]1CCCC[C@H]1C(F)(F)F)C2. The van der Waals surface area contributed by atoms with Gasteiger partial charge in [-0.05, 0) is 12.8 Å². The molecule has 5 nitrogen and oxygen atoms in total. The maximum absolute atomic E-state index is 13.3. The van der Waals surface area contributed by atoms with Crippen molar-refractivity contribution >= 4 is 5.91 Å². The quantitative estimate of drug-likeness (QED) is 0.828. The Kier molecular flexibility index (Phi) is 4.57. The zero-order chi connectivity index (χ0) is 17.5. The molecule has 0 radical (unpaired) electrons. The fourth-order valence-corrected chi connectivity index (χ4v) is 3.85. The zero-order valence-corrected chi connectivity index (χ0v) is 14.0. The van der Waals surface area contributed by atoms with E-state index in [9.17, 15) is 18.0 Å². The predicted octanol–water partition coefficient (Wildman–Crippen LogP) is 3.11. The first-order chi connectivity index (χ1) is 11.3. The number of alkyl halides is 3. The van der Waals surface area contributed by atoms with Crippen LogP contribution in [0.5, 0.6) is 0 Å². The topological polar surface area (TPSA) is 51.0 Å². The Morgan fingerprint density at radius 3 is 2.54 bits per heavy atom. The van der Waals surface area contributed by atoms with E-state index in [-0.39, 0.29) is 24.8 Å². The molecule has 1 amide bonds. The molecule has 0 bridgehead atoms. The van der Waals surface area contributed by atoms with Gasteiger partial charge in [-0.1, -0.05) is 26.7 Å². The van der Waals surface area contributed by atoms with Crippen molar-refractivity contribution in [1.29, 1.82) is 0 Å². The smallest absolute Gasteiger partial charge is 0.333 e. The van der Waals surface area contributed by atoms with Crippen molar-refractivity contribution in [2.75, 3.05) is 6.54 Å². The molecular formula is C16H23F3N4O. The maximum Gasteiger partial charge on any atom is 0.392 e. The second kappa shape index (κ2) is 6.37. The molecule has 2 heterocycles. The first-order valence-corrected chi connectivity index (χ1v) is 8.56. The fraction of sp³-hybridized carbons (Fsp3) is 0.812. The standard InChI is InChI=1S/C16H23F3N4O/c1-10(2)14-21-20-13-9-22(7-8-23(13)14)15(24)11-5-3-4-6-12(11)16(17,18)19/h10-12H,3-9H2,1-2H3/t11-,12-/m1/s1. The van der Waals surface area contributed by atoms with E-state index in [1.54, 1.807) is 0 Å². The molecule has 0 saturated heterocycles. The number of hydrogen-bond acceptors (Lipinski definition) is 3. The third-order valence-electron chi connectivity index (χ3n) is 5.11. The lowest BCUT2D eigenvalue weighted by atomic mass is 9.78. The highest BCUT2D eigenvalue weighted by atomic mass is 19.4. The average Bonchev–Trinajstić information content (AvgIpc) is 2.96. The van der Waals surface area contributed by atoms with Gasteiger partial charge in [0.15, 0.2) is 5.82 Å². The van der Waals surface area contributed by atoms with Gasteiger partial charge in [0.1, 0.15) is 5.82 Å². The fourth-order valence-electron chi connectivity index (χ4n) is 3.85. The van der Waals surface area contributed by atoms with E-state index < -0.39 is 18.0 Å². The number of carbonyl (C=O) groups is 1. The van der Waals surface area contributed by atoms with Crippen LogP contribution in [0, 0.1) is 11.8 Å². The van der Waals surface area contributed by atoms with Crippen molar-refractivity contribution in [2.45, 2.75) is 64.7 Å². The average molecular weight is 344 g/mol. The van der Waals surface area contributed by atoms with Gasteiger partial charge in [-0.25, -0.2) is 0 Å². The number of aromatic nitrogens is 3. The lowest BCUT2D eigenvalue weighted by Gasteiger charge is -2.37. The first-order valence-electron chi connectivity index (χ1n) is 8.56. The summed E-state index contributed by atoms with van der Waals surface area (Å²) < 4.78 is 41.7. The van der Waals surface area contributed by atoms with Gasteiger partial charge in [0.2, 0.25) is 5.91 Å². The second-order valence-corrected chi connectivity index (χ2v) is 7.08. The number of fused-ring (bicyclic) bond motifs is 1. The molecule has 0 unspecified atom stereocenters. The number of hydrogen-bond donors (Lipinski definition) is 0. The van der Waals surface area contributed by atoms with Crippen molar-refractivity contribution in [3.8, 4) is 0 Å². The highest BCUT2D eigenvalue weighted by Gasteiger charge is 2.49. The summed E-state index contributed by atoms with van der Waals surface area (Å²) in [5.41, 5.74) is 0. The molecule has 0 spiro atoms. The largest absolute Gasteiger partial charge is 0.392 e. The predicted molar refractivity (Wildman–Crippen MR) is 81.0 cm³/mol. The number of carbonyl (C=O) groups excluding carboxylic acids is 1. The van der Waals surface area contributed by atoms with E-state index >= 15 is 0 Å². The van der Waals surface area contributed by atoms with Crippen LogP contribution in [-0.2, 0) is 17.9 Å². The van der Waals surface area contributed by atoms with Crippen LogP contribution in [0.25, 0.3) is 0 Å². The molecule has 1 saturated carbocycles. The molecular weight excluding hydrogens is 321 g/mol. The monoisotopic (exact) mass is 344 g/mol. The summed E-state index contributed by atoms with van der Waals surface area (Å²) in [7, 11) is 0. The molecule has 2 atom stereocenters. The van der Waals surface area contributed by atoms with E-state index in [0.717, 1.165) is 5.82 Å². The minimum absolute atomic E-state index is 0.0570. The van der Waals surface area contributed by atoms with Crippen molar-refractivity contribution in [2.24, 2.45) is 11.8 Å². The minimum Gasteiger partial charge on any atom is -0.333 e. The van der Waals surface area contributed by atoms with E-state index in [4.69, 9.17) is 0 Å². The van der Waals surface area contributed by atoms with Crippen LogP contribution in [0.4, 0.5) is 13.2 Å². The highest BCUT2D eigenvalue weighted by Crippen LogP contribution is 2.42. The van der Waals surface area contributed by atoms with Crippen molar-refractivity contribution in [3.63, 3.8) is 0 Å². The third-order valence-corrected chi connectivity index (χ3v) is 5.11. The number of amides is 1. The van der Waals surface area contributed by atoms with Crippen LogP contribution >= 0.6 is 0 Å². The summed E-state index contributed by atoms with van der Waals surface area (Å²) in [4.78, 5) is 14.3. The molecule has 1 fully saturated rings. The Balaban J connectivity index is 1.76. The zero-order valence-electron chi connectivity index (χ0n) is 14.0. The lowest BCUT2D eigenvalue weighted by Crippen LogP contribution is -2.47. The molecule has 1 aromatic heterocycles. The van der Waals surface area contributed by atoms with E-state index in [1.807, 2.05) is 18.4 Å². The van der Waals surface area contributed by atoms with Gasteiger partial charge in [-0.15, -0.1) is 10.2 Å². The van der Waals surface area contributed by atoms with Crippen LogP contribution in [-0.4, -0.2) is 38.3 Å². The van der Waals surface area contributed by atoms with Crippen LogP contribution in [0.15, 0.2) is 0 Å². The van der Waals surface area contributed by atoms with Gasteiger partial charge in [0.05, 0.1) is 12.5 Å². The highest BCUT2D eigenvalue weighted by molar-refractivity contribution is 5.79. The number of halogens is 3. The lowest BCUT2D eigenvalue weighted by molar-refractivity contribution is -0.201. The summed E-state index contributed by atoms with van der Waals surface area (Å²) in [5, 5.41) is 8.27. The van der Waals surface area contributed by atoms with E-state index in [2.05, 4.69) is 10.2 Å².